The molecule has 6 nitrogen and oxygen atoms in total. The van der Waals surface area contributed by atoms with Crippen LogP contribution in [0.5, 0.6) is 0 Å². The van der Waals surface area contributed by atoms with E-state index in [0.717, 1.165) is 38.8 Å². The van der Waals surface area contributed by atoms with Crippen molar-refractivity contribution in [3.63, 3.8) is 0 Å². The number of carboxylic acids is 1. The Kier molecular flexibility index (Phi) is 9.17. The van der Waals surface area contributed by atoms with Crippen LogP contribution in [0.15, 0.2) is 0 Å². The van der Waals surface area contributed by atoms with Crippen LogP contribution >= 0.6 is 0 Å². The average molecular weight is 328 g/mol. The van der Waals surface area contributed by atoms with Crippen LogP contribution in [0, 0.1) is 5.92 Å². The number of amides is 1. The highest BCUT2D eigenvalue weighted by Crippen LogP contribution is 2.20. The Hall–Kier alpha value is -1.14. The van der Waals surface area contributed by atoms with Gasteiger partial charge in [-0.2, -0.15) is 0 Å². The van der Waals surface area contributed by atoms with Crippen LogP contribution in [0.25, 0.3) is 0 Å². The number of rotatable bonds is 10. The van der Waals surface area contributed by atoms with E-state index >= 15 is 0 Å². The first-order valence-corrected chi connectivity index (χ1v) is 8.90. The van der Waals surface area contributed by atoms with Crippen LogP contribution in [0.1, 0.15) is 52.9 Å². The molecular formula is C17H32N2O4. The number of unbranched alkanes of at least 4 members (excludes halogenated alkanes) is 1. The van der Waals surface area contributed by atoms with Crippen molar-refractivity contribution in [2.45, 2.75) is 65.0 Å². The molecule has 0 spiro atoms. The van der Waals surface area contributed by atoms with Gasteiger partial charge in [0.2, 0.25) is 5.91 Å². The zero-order valence-electron chi connectivity index (χ0n) is 14.7. The lowest BCUT2D eigenvalue weighted by Gasteiger charge is -2.38. The van der Waals surface area contributed by atoms with Crippen LogP contribution in [0.3, 0.4) is 0 Å². The fourth-order valence-electron chi connectivity index (χ4n) is 3.19. The number of nitrogens with zero attached hydrogens (tertiary/aromatic N) is 1. The van der Waals surface area contributed by atoms with Gasteiger partial charge in [-0.25, -0.2) is 4.79 Å². The summed E-state index contributed by atoms with van der Waals surface area (Å²) in [7, 11) is 0. The van der Waals surface area contributed by atoms with E-state index in [0.29, 0.717) is 19.6 Å². The molecule has 0 aliphatic carbocycles. The third-order valence-electron chi connectivity index (χ3n) is 4.66. The highest BCUT2D eigenvalue weighted by atomic mass is 16.5. The molecule has 1 saturated heterocycles. The third-order valence-corrected chi connectivity index (χ3v) is 4.66. The Balaban J connectivity index is 2.82. The van der Waals surface area contributed by atoms with Crippen LogP contribution in [-0.4, -0.2) is 60.3 Å². The maximum atomic E-state index is 12.8. The number of morpholine rings is 1. The van der Waals surface area contributed by atoms with Crippen molar-refractivity contribution in [3.8, 4) is 0 Å². The third kappa shape index (κ3) is 6.11. The largest absolute Gasteiger partial charge is 0.480 e. The van der Waals surface area contributed by atoms with Gasteiger partial charge in [0, 0.05) is 13.1 Å². The van der Waals surface area contributed by atoms with Crippen molar-refractivity contribution in [2.24, 2.45) is 5.92 Å². The second-order valence-electron chi connectivity index (χ2n) is 6.21. The summed E-state index contributed by atoms with van der Waals surface area (Å²) in [5.74, 6) is -0.866. The molecule has 1 aliphatic heterocycles. The molecule has 1 amide bonds. The summed E-state index contributed by atoms with van der Waals surface area (Å²) >= 11 is 0. The first-order chi connectivity index (χ1) is 11.0. The molecule has 134 valence electrons. The minimum absolute atomic E-state index is 0.149. The highest BCUT2D eigenvalue weighted by Gasteiger charge is 2.34. The number of carbonyl (C=O) groups is 2. The van der Waals surface area contributed by atoms with Gasteiger partial charge in [0.25, 0.3) is 0 Å². The van der Waals surface area contributed by atoms with Crippen molar-refractivity contribution >= 4 is 11.9 Å². The van der Waals surface area contributed by atoms with E-state index in [9.17, 15) is 14.7 Å². The molecule has 1 rings (SSSR count). The van der Waals surface area contributed by atoms with Crippen molar-refractivity contribution in [1.82, 2.24) is 10.2 Å². The molecule has 0 bridgehead atoms. The lowest BCUT2D eigenvalue weighted by atomic mass is 9.91. The Morgan fingerprint density at radius 2 is 1.78 bits per heavy atom. The molecule has 0 aromatic carbocycles. The maximum absolute atomic E-state index is 12.8. The van der Waals surface area contributed by atoms with Gasteiger partial charge in [0.05, 0.1) is 19.3 Å². The molecule has 1 fully saturated rings. The van der Waals surface area contributed by atoms with Gasteiger partial charge in [-0.05, 0) is 12.3 Å². The zero-order chi connectivity index (χ0) is 17.2. The van der Waals surface area contributed by atoms with Crippen molar-refractivity contribution in [2.75, 3.05) is 26.3 Å². The van der Waals surface area contributed by atoms with Crippen LogP contribution < -0.4 is 5.32 Å². The molecular weight excluding hydrogens is 296 g/mol. The molecule has 23 heavy (non-hydrogen) atoms. The summed E-state index contributed by atoms with van der Waals surface area (Å²) in [6.45, 7) is 8.88. The van der Waals surface area contributed by atoms with Gasteiger partial charge in [-0.15, -0.1) is 0 Å². The smallest absolute Gasteiger partial charge is 0.326 e. The quantitative estimate of drug-likeness (QED) is 0.640. The number of hydrogen-bond donors (Lipinski definition) is 2. The number of carboxylic acid groups (broad SMARTS) is 1. The molecule has 0 saturated carbocycles. The SMILES string of the molecule is CCCC[C@H](NC(=O)C(C(CC)CC)N1CCOCC1)C(=O)O. The van der Waals surface area contributed by atoms with E-state index in [-0.39, 0.29) is 17.9 Å². The summed E-state index contributed by atoms with van der Waals surface area (Å²) in [4.78, 5) is 26.4. The summed E-state index contributed by atoms with van der Waals surface area (Å²) in [6, 6.07) is -1.06. The molecule has 2 atom stereocenters. The fourth-order valence-corrected chi connectivity index (χ4v) is 3.19. The van der Waals surface area contributed by atoms with Crippen molar-refractivity contribution in [3.05, 3.63) is 0 Å². The maximum Gasteiger partial charge on any atom is 0.326 e. The van der Waals surface area contributed by atoms with E-state index in [1.807, 2.05) is 6.92 Å². The lowest BCUT2D eigenvalue weighted by Crippen LogP contribution is -2.56. The second-order valence-corrected chi connectivity index (χ2v) is 6.21. The summed E-state index contributed by atoms with van der Waals surface area (Å²) in [6.07, 6.45) is 4.00. The first-order valence-electron chi connectivity index (χ1n) is 8.90. The molecule has 6 heteroatoms. The summed E-state index contributed by atoms with van der Waals surface area (Å²) in [5.41, 5.74) is 0. The number of carbonyl (C=O) groups excluding carboxylic acids is 1. The highest BCUT2D eigenvalue weighted by molar-refractivity contribution is 5.87. The number of ether oxygens (including phenoxy) is 1. The van der Waals surface area contributed by atoms with Gasteiger partial charge < -0.3 is 15.2 Å². The van der Waals surface area contributed by atoms with Gasteiger partial charge in [-0.3, -0.25) is 9.69 Å². The van der Waals surface area contributed by atoms with Crippen molar-refractivity contribution < 1.29 is 19.4 Å². The molecule has 1 unspecified atom stereocenters. The predicted octanol–water partition coefficient (Wildman–Crippen LogP) is 1.88. The van der Waals surface area contributed by atoms with Crippen molar-refractivity contribution in [1.29, 1.82) is 0 Å². The summed E-state index contributed by atoms with van der Waals surface area (Å²) in [5, 5.41) is 12.1. The number of nitrogens with one attached hydrogen (secondary N) is 1. The second kappa shape index (κ2) is 10.6. The molecule has 2 N–H and O–H groups in total. The van der Waals surface area contributed by atoms with E-state index in [2.05, 4.69) is 24.1 Å². The topological polar surface area (TPSA) is 78.9 Å². The number of aliphatic carboxylic acids is 1. The molecule has 1 aliphatic rings. The van der Waals surface area contributed by atoms with Gasteiger partial charge >= 0.3 is 5.97 Å². The van der Waals surface area contributed by atoms with Crippen LogP contribution in [-0.2, 0) is 14.3 Å². The summed E-state index contributed by atoms with van der Waals surface area (Å²) < 4.78 is 5.38. The molecule has 0 radical (unpaired) electrons. The van der Waals surface area contributed by atoms with E-state index in [1.54, 1.807) is 0 Å². The lowest BCUT2D eigenvalue weighted by molar-refractivity contribution is -0.144. The van der Waals surface area contributed by atoms with E-state index in [4.69, 9.17) is 4.74 Å². The minimum Gasteiger partial charge on any atom is -0.480 e. The standard InChI is InChI=1S/C17H32N2O4/c1-4-7-8-14(17(21)22)18-16(20)15(13(5-2)6-3)19-9-11-23-12-10-19/h13-15H,4-12H2,1-3H3,(H,18,20)(H,21,22)/t14-,15?/m0/s1. The Labute approximate surface area is 139 Å². The van der Waals surface area contributed by atoms with Gasteiger partial charge in [0.15, 0.2) is 0 Å². The van der Waals surface area contributed by atoms with E-state index < -0.39 is 12.0 Å². The molecule has 1 heterocycles. The fraction of sp³-hybridized carbons (Fsp3) is 0.882. The van der Waals surface area contributed by atoms with Crippen LogP contribution in [0.2, 0.25) is 0 Å². The minimum atomic E-state index is -0.947. The Bertz CT molecular complexity index is 366. The predicted molar refractivity (Wildman–Crippen MR) is 89.3 cm³/mol. The van der Waals surface area contributed by atoms with E-state index in [1.165, 1.54) is 0 Å². The Morgan fingerprint density at radius 1 is 1.17 bits per heavy atom. The Morgan fingerprint density at radius 3 is 2.26 bits per heavy atom. The average Bonchev–Trinajstić information content (AvgIpc) is 2.56. The number of hydrogen-bond acceptors (Lipinski definition) is 4. The molecule has 0 aromatic heterocycles. The molecule has 0 aromatic rings. The zero-order valence-corrected chi connectivity index (χ0v) is 14.7. The normalized spacial score (nSPS) is 18.6. The monoisotopic (exact) mass is 328 g/mol. The van der Waals surface area contributed by atoms with Crippen LogP contribution in [0.4, 0.5) is 0 Å². The first kappa shape index (κ1) is 19.9. The van der Waals surface area contributed by atoms with Gasteiger partial charge in [-0.1, -0.05) is 46.5 Å². The van der Waals surface area contributed by atoms with Gasteiger partial charge in [0.1, 0.15) is 6.04 Å².